The monoisotopic (exact) mass is 560 g/mol. The second-order valence-electron chi connectivity index (χ2n) is 11.6. The van der Waals surface area contributed by atoms with E-state index < -0.39 is 23.6 Å². The zero-order valence-electron chi connectivity index (χ0n) is 23.7. The SMILES string of the molecule is CC(C)(C)OC(=O)NCC1CCC(C(=O)N[C@@H](Cc2ccccc2N)c2ncc(-c3ccc(C#N)c(F)c3)[nH]2)CC1. The number of para-hydroxylation sites is 1. The number of anilines is 1. The van der Waals surface area contributed by atoms with E-state index in [1.807, 2.05) is 51.1 Å². The van der Waals surface area contributed by atoms with Crippen LogP contribution in [0.2, 0.25) is 0 Å². The molecule has 216 valence electrons. The molecule has 10 heteroatoms. The molecule has 1 aliphatic carbocycles. The Morgan fingerprint density at radius 3 is 2.59 bits per heavy atom. The maximum atomic E-state index is 14.2. The van der Waals surface area contributed by atoms with E-state index in [0.29, 0.717) is 48.6 Å². The van der Waals surface area contributed by atoms with Crippen LogP contribution in [-0.2, 0) is 16.0 Å². The van der Waals surface area contributed by atoms with Gasteiger partial charge in [0, 0.05) is 30.1 Å². The highest BCUT2D eigenvalue weighted by molar-refractivity contribution is 5.79. The predicted octanol–water partition coefficient (Wildman–Crippen LogP) is 5.40. The first-order valence-electron chi connectivity index (χ1n) is 13.9. The minimum Gasteiger partial charge on any atom is -0.444 e. The number of alkyl carbamates (subject to hydrolysis) is 1. The molecule has 0 radical (unpaired) electrons. The van der Waals surface area contributed by atoms with Crippen molar-refractivity contribution in [2.24, 2.45) is 11.8 Å². The van der Waals surface area contributed by atoms with Crippen molar-refractivity contribution >= 4 is 17.7 Å². The van der Waals surface area contributed by atoms with Gasteiger partial charge in [-0.05, 0) is 76.1 Å². The number of amides is 2. The summed E-state index contributed by atoms with van der Waals surface area (Å²) in [4.78, 5) is 33.2. The molecule has 2 aromatic carbocycles. The number of nitriles is 1. The number of halogens is 1. The van der Waals surface area contributed by atoms with E-state index in [-0.39, 0.29) is 23.3 Å². The third-order valence-electron chi connectivity index (χ3n) is 7.27. The second-order valence-corrected chi connectivity index (χ2v) is 11.6. The van der Waals surface area contributed by atoms with Gasteiger partial charge < -0.3 is 26.1 Å². The summed E-state index contributed by atoms with van der Waals surface area (Å²) in [5.41, 5.74) is 8.23. The fourth-order valence-electron chi connectivity index (χ4n) is 5.05. The van der Waals surface area contributed by atoms with Crippen LogP contribution in [0.1, 0.15) is 69.4 Å². The molecule has 4 rings (SSSR count). The zero-order chi connectivity index (χ0) is 29.6. The summed E-state index contributed by atoms with van der Waals surface area (Å²) in [6.07, 6.45) is 4.64. The molecule has 1 aliphatic rings. The molecule has 3 aromatic rings. The number of nitrogens with two attached hydrogens (primary N) is 1. The number of ether oxygens (including phenoxy) is 1. The van der Waals surface area contributed by atoms with Gasteiger partial charge in [0.25, 0.3) is 0 Å². The minimum atomic E-state index is -0.611. The van der Waals surface area contributed by atoms with Crippen molar-refractivity contribution < 1.29 is 18.7 Å². The number of imidazole rings is 1. The van der Waals surface area contributed by atoms with E-state index in [4.69, 9.17) is 15.7 Å². The van der Waals surface area contributed by atoms with E-state index in [1.165, 1.54) is 12.1 Å². The summed E-state index contributed by atoms with van der Waals surface area (Å²) in [6.45, 7) is 5.99. The number of nitrogens with one attached hydrogen (secondary N) is 3. The Balaban J connectivity index is 1.43. The van der Waals surface area contributed by atoms with Gasteiger partial charge in [0.05, 0.1) is 23.5 Å². The number of hydrogen-bond acceptors (Lipinski definition) is 6. The average molecular weight is 561 g/mol. The molecule has 0 spiro atoms. The lowest BCUT2D eigenvalue weighted by atomic mass is 9.81. The van der Waals surface area contributed by atoms with E-state index in [0.717, 1.165) is 18.4 Å². The van der Waals surface area contributed by atoms with Gasteiger partial charge in [-0.3, -0.25) is 4.79 Å². The molecule has 0 bridgehead atoms. The summed E-state index contributed by atoms with van der Waals surface area (Å²) in [6, 6.07) is 13.2. The molecular formula is C31H37FN6O3. The minimum absolute atomic E-state index is 0.0338. The second kappa shape index (κ2) is 12.9. The van der Waals surface area contributed by atoms with E-state index in [2.05, 4.69) is 20.6 Å². The number of nitrogen functional groups attached to an aromatic ring is 1. The first kappa shape index (κ1) is 29.6. The molecule has 1 heterocycles. The normalized spacial score (nSPS) is 17.7. The molecule has 1 saturated carbocycles. The molecule has 1 aromatic heterocycles. The number of aromatic nitrogens is 2. The largest absolute Gasteiger partial charge is 0.444 e. The number of carbonyl (C=O) groups excluding carboxylic acids is 2. The molecule has 0 saturated heterocycles. The van der Waals surface area contributed by atoms with Crippen LogP contribution >= 0.6 is 0 Å². The number of benzene rings is 2. The van der Waals surface area contributed by atoms with Crippen LogP contribution in [0.15, 0.2) is 48.7 Å². The van der Waals surface area contributed by atoms with Crippen molar-refractivity contribution in [2.75, 3.05) is 12.3 Å². The Morgan fingerprint density at radius 2 is 1.93 bits per heavy atom. The van der Waals surface area contributed by atoms with Crippen molar-refractivity contribution in [1.82, 2.24) is 20.6 Å². The van der Waals surface area contributed by atoms with Gasteiger partial charge in [0.15, 0.2) is 0 Å². The Morgan fingerprint density at radius 1 is 1.20 bits per heavy atom. The van der Waals surface area contributed by atoms with Crippen LogP contribution in [0.4, 0.5) is 14.9 Å². The third kappa shape index (κ3) is 8.07. The van der Waals surface area contributed by atoms with Gasteiger partial charge in [0.1, 0.15) is 23.3 Å². The van der Waals surface area contributed by atoms with Gasteiger partial charge in [-0.25, -0.2) is 14.2 Å². The lowest BCUT2D eigenvalue weighted by Crippen LogP contribution is -2.39. The topological polar surface area (TPSA) is 146 Å². The zero-order valence-corrected chi connectivity index (χ0v) is 23.7. The number of H-pyrrole nitrogens is 1. The molecule has 41 heavy (non-hydrogen) atoms. The molecule has 1 fully saturated rings. The fraction of sp³-hybridized carbons (Fsp3) is 0.419. The number of carbonyl (C=O) groups is 2. The Labute approximate surface area is 239 Å². The van der Waals surface area contributed by atoms with Crippen molar-refractivity contribution in [3.63, 3.8) is 0 Å². The van der Waals surface area contributed by atoms with Crippen LogP contribution in [0.5, 0.6) is 0 Å². The predicted molar refractivity (Wildman–Crippen MR) is 154 cm³/mol. The number of nitrogens with zero attached hydrogens (tertiary/aromatic N) is 2. The lowest BCUT2D eigenvalue weighted by Gasteiger charge is -2.29. The molecule has 2 amide bonds. The van der Waals surface area contributed by atoms with E-state index in [9.17, 15) is 14.0 Å². The molecule has 5 N–H and O–H groups in total. The van der Waals surface area contributed by atoms with Gasteiger partial charge in [-0.15, -0.1) is 0 Å². The smallest absolute Gasteiger partial charge is 0.407 e. The van der Waals surface area contributed by atoms with Gasteiger partial charge >= 0.3 is 6.09 Å². The highest BCUT2D eigenvalue weighted by Crippen LogP contribution is 2.30. The van der Waals surface area contributed by atoms with Crippen molar-refractivity contribution in [2.45, 2.75) is 64.5 Å². The Hall–Kier alpha value is -4.39. The van der Waals surface area contributed by atoms with Crippen LogP contribution in [-0.4, -0.2) is 34.1 Å². The average Bonchev–Trinajstić information content (AvgIpc) is 3.42. The summed E-state index contributed by atoms with van der Waals surface area (Å²) in [7, 11) is 0. The van der Waals surface area contributed by atoms with Crippen LogP contribution < -0.4 is 16.4 Å². The summed E-state index contributed by atoms with van der Waals surface area (Å²) >= 11 is 0. The first-order chi connectivity index (χ1) is 19.5. The van der Waals surface area contributed by atoms with E-state index in [1.54, 1.807) is 12.3 Å². The number of aromatic amines is 1. The molecule has 9 nitrogen and oxygen atoms in total. The summed E-state index contributed by atoms with van der Waals surface area (Å²) < 4.78 is 19.6. The summed E-state index contributed by atoms with van der Waals surface area (Å²) in [5, 5.41) is 15.0. The highest BCUT2D eigenvalue weighted by Gasteiger charge is 2.29. The van der Waals surface area contributed by atoms with Gasteiger partial charge in [-0.1, -0.05) is 24.3 Å². The highest BCUT2D eigenvalue weighted by atomic mass is 19.1. The van der Waals surface area contributed by atoms with Crippen LogP contribution in [0, 0.1) is 29.0 Å². The fourth-order valence-corrected chi connectivity index (χ4v) is 5.05. The third-order valence-corrected chi connectivity index (χ3v) is 7.27. The van der Waals surface area contributed by atoms with Crippen molar-refractivity contribution in [1.29, 1.82) is 5.26 Å². The summed E-state index contributed by atoms with van der Waals surface area (Å²) in [5.74, 6) is -0.0284. The van der Waals surface area contributed by atoms with Gasteiger partial charge in [-0.2, -0.15) is 5.26 Å². The maximum Gasteiger partial charge on any atom is 0.407 e. The van der Waals surface area contributed by atoms with Crippen molar-refractivity contribution in [3.05, 3.63) is 71.4 Å². The first-order valence-corrected chi connectivity index (χ1v) is 13.9. The van der Waals surface area contributed by atoms with Crippen molar-refractivity contribution in [3.8, 4) is 17.3 Å². The standard InChI is InChI=1S/C31H37FN6O3/c1-31(2,3)41-30(40)36-17-19-8-10-20(11-9-19)29(39)38-26(15-21-6-4-5-7-25(21)34)28-35-18-27(37-28)22-12-13-23(16-33)24(32)14-22/h4-7,12-14,18-20,26H,8-11,15,17,34H2,1-3H3,(H,35,37)(H,36,40)(H,38,39)/t19?,20?,26-/m0/s1. The van der Waals surface area contributed by atoms with Crippen LogP contribution in [0.3, 0.4) is 0 Å². The molecular weight excluding hydrogens is 523 g/mol. The number of hydrogen-bond donors (Lipinski definition) is 4. The maximum absolute atomic E-state index is 14.2. The Kier molecular flexibility index (Phi) is 9.28. The quantitative estimate of drug-likeness (QED) is 0.271. The molecule has 0 aliphatic heterocycles. The molecule has 1 atom stereocenters. The Bertz CT molecular complexity index is 1420. The van der Waals surface area contributed by atoms with E-state index >= 15 is 0 Å². The lowest BCUT2D eigenvalue weighted by molar-refractivity contribution is -0.127. The molecule has 0 unspecified atom stereocenters. The van der Waals surface area contributed by atoms with Gasteiger partial charge in [0.2, 0.25) is 5.91 Å². The van der Waals surface area contributed by atoms with Crippen LogP contribution in [0.25, 0.3) is 11.3 Å². The number of rotatable bonds is 8.